The standard InChI is InChI=1S/C15H13FN2O5/c1-22-9-11(19)6-10-7-13(4-5-17-10)23-12-2-3-15(18(20)21)14(16)8-12/h2-5,7-8H,6,9H2,1H3. The highest BCUT2D eigenvalue weighted by molar-refractivity contribution is 5.81. The van der Waals surface area contributed by atoms with Gasteiger partial charge < -0.3 is 9.47 Å². The summed E-state index contributed by atoms with van der Waals surface area (Å²) < 4.78 is 23.7. The molecular weight excluding hydrogens is 307 g/mol. The van der Waals surface area contributed by atoms with Crippen molar-refractivity contribution in [1.29, 1.82) is 0 Å². The first-order valence-corrected chi connectivity index (χ1v) is 6.57. The van der Waals surface area contributed by atoms with E-state index in [9.17, 15) is 19.3 Å². The minimum Gasteiger partial charge on any atom is -0.457 e. The highest BCUT2D eigenvalue weighted by Crippen LogP contribution is 2.26. The van der Waals surface area contributed by atoms with E-state index in [2.05, 4.69) is 4.98 Å². The Labute approximate surface area is 130 Å². The summed E-state index contributed by atoms with van der Waals surface area (Å²) in [5.74, 6) is -0.683. The topological polar surface area (TPSA) is 91.6 Å². The zero-order valence-corrected chi connectivity index (χ0v) is 12.2. The van der Waals surface area contributed by atoms with E-state index >= 15 is 0 Å². The number of carbonyl (C=O) groups excluding carboxylic acids is 1. The highest BCUT2D eigenvalue weighted by atomic mass is 19.1. The van der Waals surface area contributed by atoms with Gasteiger partial charge in [-0.15, -0.1) is 0 Å². The summed E-state index contributed by atoms with van der Waals surface area (Å²) in [4.78, 5) is 25.3. The molecule has 1 aromatic heterocycles. The number of carbonyl (C=O) groups is 1. The minimum atomic E-state index is -0.989. The number of nitro groups is 1. The number of aromatic nitrogens is 1. The second kappa shape index (κ2) is 7.41. The van der Waals surface area contributed by atoms with Crippen molar-refractivity contribution in [2.24, 2.45) is 0 Å². The number of Topliss-reactive ketones (excluding diaryl/α,β-unsaturated/α-hetero) is 1. The second-order valence-electron chi connectivity index (χ2n) is 4.60. The minimum absolute atomic E-state index is 0.0136. The fourth-order valence-corrected chi connectivity index (χ4v) is 1.87. The average molecular weight is 320 g/mol. The maximum atomic E-state index is 13.5. The van der Waals surface area contributed by atoms with Crippen LogP contribution in [-0.4, -0.2) is 29.4 Å². The maximum Gasteiger partial charge on any atom is 0.305 e. The quantitative estimate of drug-likeness (QED) is 0.575. The van der Waals surface area contributed by atoms with Crippen molar-refractivity contribution >= 4 is 11.5 Å². The molecule has 8 heteroatoms. The van der Waals surface area contributed by atoms with Gasteiger partial charge >= 0.3 is 5.69 Å². The van der Waals surface area contributed by atoms with Crippen LogP contribution in [0.15, 0.2) is 36.5 Å². The number of hydrogen-bond donors (Lipinski definition) is 0. The number of nitrogens with zero attached hydrogens (tertiary/aromatic N) is 2. The Morgan fingerprint density at radius 2 is 2.04 bits per heavy atom. The Bertz CT molecular complexity index is 736. The summed E-state index contributed by atoms with van der Waals surface area (Å²) in [6.45, 7) is -0.0136. The molecule has 7 nitrogen and oxygen atoms in total. The van der Waals surface area contributed by atoms with Crippen LogP contribution in [0.5, 0.6) is 11.5 Å². The molecular formula is C15H13FN2O5. The normalized spacial score (nSPS) is 10.3. The maximum absolute atomic E-state index is 13.5. The van der Waals surface area contributed by atoms with Gasteiger partial charge in [-0.05, 0) is 12.1 Å². The van der Waals surface area contributed by atoms with Crippen LogP contribution >= 0.6 is 0 Å². The largest absolute Gasteiger partial charge is 0.457 e. The molecule has 0 atom stereocenters. The van der Waals surface area contributed by atoms with E-state index in [1.807, 2.05) is 0 Å². The van der Waals surface area contributed by atoms with Gasteiger partial charge in [0.1, 0.15) is 18.1 Å². The van der Waals surface area contributed by atoms with Gasteiger partial charge in [0.25, 0.3) is 0 Å². The van der Waals surface area contributed by atoms with E-state index < -0.39 is 16.4 Å². The summed E-state index contributed by atoms with van der Waals surface area (Å²) >= 11 is 0. The number of methoxy groups -OCH3 is 1. The number of pyridine rings is 1. The van der Waals surface area contributed by atoms with Gasteiger partial charge in [-0.1, -0.05) is 0 Å². The predicted octanol–water partition coefficient (Wildman–Crippen LogP) is 2.68. The molecule has 2 rings (SSSR count). The molecule has 0 aliphatic heterocycles. The Hall–Kier alpha value is -2.87. The van der Waals surface area contributed by atoms with E-state index in [-0.39, 0.29) is 24.6 Å². The third-order valence-electron chi connectivity index (χ3n) is 2.82. The number of ether oxygens (including phenoxy) is 2. The SMILES string of the molecule is COCC(=O)Cc1cc(Oc2ccc([N+](=O)[O-])c(F)c2)ccn1. The molecule has 1 heterocycles. The number of rotatable bonds is 7. The van der Waals surface area contributed by atoms with Gasteiger partial charge in [-0.2, -0.15) is 4.39 Å². The lowest BCUT2D eigenvalue weighted by Gasteiger charge is -2.07. The molecule has 2 aromatic rings. The molecule has 0 N–H and O–H groups in total. The summed E-state index contributed by atoms with van der Waals surface area (Å²) in [7, 11) is 1.42. The molecule has 0 bridgehead atoms. The summed E-state index contributed by atoms with van der Waals surface area (Å²) in [5, 5.41) is 10.6. The van der Waals surface area contributed by atoms with Gasteiger partial charge in [0.2, 0.25) is 5.82 Å². The first-order chi connectivity index (χ1) is 11.0. The zero-order chi connectivity index (χ0) is 16.8. The molecule has 0 radical (unpaired) electrons. The first kappa shape index (κ1) is 16.5. The number of halogens is 1. The van der Waals surface area contributed by atoms with Crippen LogP contribution in [0.1, 0.15) is 5.69 Å². The molecule has 0 aliphatic carbocycles. The van der Waals surface area contributed by atoms with Crippen LogP contribution in [0.3, 0.4) is 0 Å². The van der Waals surface area contributed by atoms with Crippen molar-refractivity contribution in [3.63, 3.8) is 0 Å². The molecule has 0 aliphatic rings. The molecule has 120 valence electrons. The van der Waals surface area contributed by atoms with E-state index in [0.717, 1.165) is 12.1 Å². The van der Waals surface area contributed by atoms with E-state index in [1.165, 1.54) is 31.5 Å². The third kappa shape index (κ3) is 4.55. The highest BCUT2D eigenvalue weighted by Gasteiger charge is 2.14. The van der Waals surface area contributed by atoms with Gasteiger partial charge in [0.05, 0.1) is 17.0 Å². The van der Waals surface area contributed by atoms with E-state index in [0.29, 0.717) is 11.4 Å². The van der Waals surface area contributed by atoms with Crippen molar-refractivity contribution in [2.45, 2.75) is 6.42 Å². The van der Waals surface area contributed by atoms with Crippen molar-refractivity contribution in [3.05, 3.63) is 58.2 Å². The Balaban J connectivity index is 2.13. The summed E-state index contributed by atoms with van der Waals surface area (Å²) in [5.41, 5.74) is -0.148. The molecule has 0 amide bonds. The Morgan fingerprint density at radius 1 is 1.30 bits per heavy atom. The number of ketones is 1. The van der Waals surface area contributed by atoms with Crippen molar-refractivity contribution < 1.29 is 23.6 Å². The lowest BCUT2D eigenvalue weighted by atomic mass is 10.2. The Kier molecular flexibility index (Phi) is 5.32. The van der Waals surface area contributed by atoms with E-state index in [4.69, 9.17) is 9.47 Å². The van der Waals surface area contributed by atoms with Gasteiger partial charge in [-0.3, -0.25) is 19.9 Å². The molecule has 23 heavy (non-hydrogen) atoms. The lowest BCUT2D eigenvalue weighted by molar-refractivity contribution is -0.387. The molecule has 1 aromatic carbocycles. The van der Waals surface area contributed by atoms with Crippen LogP contribution in [0.2, 0.25) is 0 Å². The lowest BCUT2D eigenvalue weighted by Crippen LogP contribution is -2.10. The first-order valence-electron chi connectivity index (χ1n) is 6.57. The molecule has 0 unspecified atom stereocenters. The van der Waals surface area contributed by atoms with Crippen LogP contribution in [0, 0.1) is 15.9 Å². The molecule has 0 saturated carbocycles. The average Bonchev–Trinajstić information content (AvgIpc) is 2.47. The molecule has 0 saturated heterocycles. The van der Waals surface area contributed by atoms with Gasteiger partial charge in [0.15, 0.2) is 5.78 Å². The van der Waals surface area contributed by atoms with Crippen molar-refractivity contribution in [2.75, 3.05) is 13.7 Å². The monoisotopic (exact) mass is 320 g/mol. The predicted molar refractivity (Wildman–Crippen MR) is 78.0 cm³/mol. The van der Waals surface area contributed by atoms with Crippen LogP contribution in [-0.2, 0) is 16.0 Å². The summed E-state index contributed by atoms with van der Waals surface area (Å²) in [6.07, 6.45) is 1.53. The van der Waals surface area contributed by atoms with Crippen LogP contribution in [0.4, 0.5) is 10.1 Å². The smallest absolute Gasteiger partial charge is 0.305 e. The number of benzene rings is 1. The number of nitro benzene ring substituents is 1. The van der Waals surface area contributed by atoms with Crippen LogP contribution < -0.4 is 4.74 Å². The second-order valence-corrected chi connectivity index (χ2v) is 4.60. The molecule has 0 spiro atoms. The fourth-order valence-electron chi connectivity index (χ4n) is 1.87. The third-order valence-corrected chi connectivity index (χ3v) is 2.82. The molecule has 0 fully saturated rings. The van der Waals surface area contributed by atoms with Crippen molar-refractivity contribution in [3.8, 4) is 11.5 Å². The van der Waals surface area contributed by atoms with Gasteiger partial charge in [-0.25, -0.2) is 0 Å². The van der Waals surface area contributed by atoms with Crippen LogP contribution in [0.25, 0.3) is 0 Å². The number of hydrogen-bond acceptors (Lipinski definition) is 6. The van der Waals surface area contributed by atoms with Gasteiger partial charge in [0, 0.05) is 31.5 Å². The summed E-state index contributed by atoms with van der Waals surface area (Å²) in [6, 6.07) is 6.30. The zero-order valence-electron chi connectivity index (χ0n) is 12.2. The Morgan fingerprint density at radius 3 is 2.70 bits per heavy atom. The fraction of sp³-hybridized carbons (Fsp3) is 0.200. The van der Waals surface area contributed by atoms with E-state index in [1.54, 1.807) is 0 Å². The van der Waals surface area contributed by atoms with Crippen molar-refractivity contribution in [1.82, 2.24) is 4.98 Å².